The Balaban J connectivity index is 2.22. The molecular weight excluding hydrogens is 373 g/mol. The summed E-state index contributed by atoms with van der Waals surface area (Å²) in [6, 6.07) is 4.23. The van der Waals surface area contributed by atoms with Gasteiger partial charge < -0.3 is 0 Å². The van der Waals surface area contributed by atoms with Gasteiger partial charge in [-0.2, -0.15) is 0 Å². The number of halogens is 3. The van der Waals surface area contributed by atoms with Crippen LogP contribution in [0.4, 0.5) is 0 Å². The van der Waals surface area contributed by atoms with Crippen LogP contribution >= 0.6 is 39.1 Å². The van der Waals surface area contributed by atoms with Gasteiger partial charge in [0.2, 0.25) is 10.0 Å². The Hall–Kier alpha value is 0.190. The smallest absolute Gasteiger partial charge is 0.207 e. The zero-order valence-electron chi connectivity index (χ0n) is 10.1. The van der Waals surface area contributed by atoms with Crippen LogP contribution in [0.25, 0.3) is 0 Å². The molecule has 1 aromatic carbocycles. The van der Waals surface area contributed by atoms with E-state index in [1.54, 1.807) is 0 Å². The Bertz CT molecular complexity index is 545. The largest absolute Gasteiger partial charge is 0.240 e. The normalized spacial score (nSPS) is 24.4. The van der Waals surface area contributed by atoms with Crippen molar-refractivity contribution >= 4 is 49.2 Å². The van der Waals surface area contributed by atoms with Gasteiger partial charge in [0, 0.05) is 20.9 Å². The lowest BCUT2D eigenvalue weighted by Crippen LogP contribution is -2.42. The summed E-state index contributed by atoms with van der Waals surface area (Å²) in [5, 5.41) is 0.624. The molecule has 1 fully saturated rings. The molecule has 7 heteroatoms. The van der Waals surface area contributed by atoms with Gasteiger partial charge in [-0.25, -0.2) is 13.1 Å². The maximum atomic E-state index is 12.3. The van der Waals surface area contributed by atoms with E-state index in [1.807, 2.05) is 0 Å². The van der Waals surface area contributed by atoms with Gasteiger partial charge in [-0.15, -0.1) is 0 Å². The van der Waals surface area contributed by atoms with Crippen LogP contribution in [0.3, 0.4) is 0 Å². The molecule has 0 aliphatic heterocycles. The highest BCUT2D eigenvalue weighted by Gasteiger charge is 2.28. The summed E-state index contributed by atoms with van der Waals surface area (Å²) in [6.07, 6.45) is 3.97. The molecule has 1 aromatic rings. The molecule has 1 aliphatic carbocycles. The van der Waals surface area contributed by atoms with Crippen LogP contribution in [0.1, 0.15) is 25.7 Å². The Labute approximate surface area is 131 Å². The van der Waals surface area contributed by atoms with Crippen molar-refractivity contribution in [2.45, 2.75) is 41.4 Å². The van der Waals surface area contributed by atoms with E-state index < -0.39 is 10.0 Å². The second kappa shape index (κ2) is 6.31. The van der Waals surface area contributed by atoms with E-state index in [1.165, 1.54) is 18.2 Å². The van der Waals surface area contributed by atoms with Crippen LogP contribution in [0.15, 0.2) is 23.1 Å². The predicted molar refractivity (Wildman–Crippen MR) is 81.8 cm³/mol. The summed E-state index contributed by atoms with van der Waals surface area (Å²) < 4.78 is 27.3. The number of benzene rings is 1. The van der Waals surface area contributed by atoms with E-state index in [4.69, 9.17) is 23.2 Å². The summed E-state index contributed by atoms with van der Waals surface area (Å²) in [6.45, 7) is 0. The van der Waals surface area contributed by atoms with Crippen LogP contribution in [0.2, 0.25) is 10.0 Å². The van der Waals surface area contributed by atoms with E-state index >= 15 is 0 Å². The quantitative estimate of drug-likeness (QED) is 0.798. The van der Waals surface area contributed by atoms with Crippen molar-refractivity contribution in [1.29, 1.82) is 0 Å². The highest BCUT2D eigenvalue weighted by Crippen LogP contribution is 2.27. The van der Waals surface area contributed by atoms with Gasteiger partial charge in [-0.05, 0) is 31.0 Å². The first-order valence-electron chi connectivity index (χ1n) is 6.01. The predicted octanol–water partition coefficient (Wildman–Crippen LogP) is 3.98. The maximum absolute atomic E-state index is 12.3. The fourth-order valence-corrected chi connectivity index (χ4v) is 5.10. The summed E-state index contributed by atoms with van der Waals surface area (Å²) in [7, 11) is -3.59. The fraction of sp³-hybridized carbons (Fsp3) is 0.500. The first kappa shape index (κ1) is 15.6. The molecule has 0 spiro atoms. The highest BCUT2D eigenvalue weighted by atomic mass is 79.9. The average molecular weight is 387 g/mol. The average Bonchev–Trinajstić information content (AvgIpc) is 2.31. The zero-order valence-corrected chi connectivity index (χ0v) is 14.0. The van der Waals surface area contributed by atoms with Crippen LogP contribution in [-0.4, -0.2) is 19.3 Å². The Morgan fingerprint density at radius 1 is 1.11 bits per heavy atom. The number of hydrogen-bond acceptors (Lipinski definition) is 2. The van der Waals surface area contributed by atoms with Crippen LogP contribution in [-0.2, 0) is 10.0 Å². The van der Waals surface area contributed by atoms with Gasteiger partial charge in [-0.3, -0.25) is 0 Å². The van der Waals surface area contributed by atoms with Crippen molar-refractivity contribution in [2.24, 2.45) is 0 Å². The van der Waals surface area contributed by atoms with E-state index in [-0.39, 0.29) is 15.8 Å². The second-order valence-electron chi connectivity index (χ2n) is 4.63. The van der Waals surface area contributed by atoms with Gasteiger partial charge in [0.25, 0.3) is 0 Å². The number of rotatable bonds is 3. The fourth-order valence-electron chi connectivity index (χ4n) is 2.17. The Morgan fingerprint density at radius 3 is 2.26 bits per heavy atom. The van der Waals surface area contributed by atoms with Crippen LogP contribution < -0.4 is 4.72 Å². The minimum atomic E-state index is -3.59. The molecule has 1 saturated carbocycles. The maximum Gasteiger partial charge on any atom is 0.240 e. The number of alkyl halides is 1. The minimum absolute atomic E-state index is 0.0866. The Morgan fingerprint density at radius 2 is 1.68 bits per heavy atom. The van der Waals surface area contributed by atoms with Gasteiger partial charge in [-0.1, -0.05) is 52.0 Å². The monoisotopic (exact) mass is 385 g/mol. The van der Waals surface area contributed by atoms with Crippen molar-refractivity contribution in [1.82, 2.24) is 4.72 Å². The Kier molecular flexibility index (Phi) is 5.17. The minimum Gasteiger partial charge on any atom is -0.207 e. The molecule has 2 atom stereocenters. The molecule has 0 amide bonds. The van der Waals surface area contributed by atoms with Crippen LogP contribution in [0.5, 0.6) is 0 Å². The first-order valence-corrected chi connectivity index (χ1v) is 9.16. The SMILES string of the molecule is O=S(=O)(NC1CCCCC1Br)c1cc(Cl)cc(Cl)c1. The first-order chi connectivity index (χ1) is 8.88. The molecule has 2 rings (SSSR count). The highest BCUT2D eigenvalue weighted by molar-refractivity contribution is 9.09. The lowest BCUT2D eigenvalue weighted by molar-refractivity contribution is 0.427. The van der Waals surface area contributed by atoms with Crippen molar-refractivity contribution in [3.63, 3.8) is 0 Å². The van der Waals surface area contributed by atoms with E-state index in [2.05, 4.69) is 20.7 Å². The zero-order chi connectivity index (χ0) is 14.0. The van der Waals surface area contributed by atoms with E-state index in [0.717, 1.165) is 25.7 Å². The molecule has 0 aromatic heterocycles. The van der Waals surface area contributed by atoms with E-state index in [0.29, 0.717) is 10.0 Å². The van der Waals surface area contributed by atoms with Crippen molar-refractivity contribution < 1.29 is 8.42 Å². The molecule has 0 heterocycles. The standard InChI is InChI=1S/C12H14BrCl2NO2S/c13-11-3-1-2-4-12(11)16-19(17,18)10-6-8(14)5-9(15)7-10/h5-7,11-12,16H,1-4H2. The summed E-state index contributed by atoms with van der Waals surface area (Å²) in [4.78, 5) is 0.279. The molecule has 1 aliphatic rings. The molecule has 19 heavy (non-hydrogen) atoms. The molecule has 0 bridgehead atoms. The third kappa shape index (κ3) is 4.08. The van der Waals surface area contributed by atoms with Crippen LogP contribution in [0, 0.1) is 0 Å². The summed E-state index contributed by atoms with van der Waals surface area (Å²) in [5.74, 6) is 0. The second-order valence-corrected chi connectivity index (χ2v) is 8.40. The molecule has 0 radical (unpaired) electrons. The third-order valence-electron chi connectivity index (χ3n) is 3.13. The van der Waals surface area contributed by atoms with Gasteiger partial charge >= 0.3 is 0 Å². The van der Waals surface area contributed by atoms with Crippen molar-refractivity contribution in [3.05, 3.63) is 28.2 Å². The van der Waals surface area contributed by atoms with Gasteiger partial charge in [0.1, 0.15) is 0 Å². The number of nitrogens with one attached hydrogen (secondary N) is 1. The number of hydrogen-bond donors (Lipinski definition) is 1. The topological polar surface area (TPSA) is 46.2 Å². The third-order valence-corrected chi connectivity index (χ3v) is 6.14. The molecule has 106 valence electrons. The lowest BCUT2D eigenvalue weighted by Gasteiger charge is -2.27. The number of sulfonamides is 1. The van der Waals surface area contributed by atoms with Gasteiger partial charge in [0.15, 0.2) is 0 Å². The van der Waals surface area contributed by atoms with Crippen molar-refractivity contribution in [2.75, 3.05) is 0 Å². The lowest BCUT2D eigenvalue weighted by atomic mass is 9.96. The molecule has 0 saturated heterocycles. The molecule has 2 unspecified atom stereocenters. The molecular formula is C12H14BrCl2NO2S. The molecule has 1 N–H and O–H groups in total. The summed E-state index contributed by atoms with van der Waals surface area (Å²) in [5.41, 5.74) is 0. The van der Waals surface area contributed by atoms with E-state index in [9.17, 15) is 8.42 Å². The molecule has 3 nitrogen and oxygen atoms in total. The summed E-state index contributed by atoms with van der Waals surface area (Å²) >= 11 is 15.2. The van der Waals surface area contributed by atoms with Gasteiger partial charge in [0.05, 0.1) is 4.90 Å². The van der Waals surface area contributed by atoms with Crippen molar-refractivity contribution in [3.8, 4) is 0 Å².